The molecule has 0 heterocycles. The third-order valence-electron chi connectivity index (χ3n) is 2.52. The Balaban J connectivity index is 4.00. The zero-order chi connectivity index (χ0) is 14.8. The van der Waals surface area contributed by atoms with E-state index in [2.05, 4.69) is 10.6 Å². The fourth-order valence-electron chi connectivity index (χ4n) is 1.65. The predicted octanol–water partition coefficient (Wildman–Crippen LogP) is 0.908. The average molecular weight is 272 g/mol. The number of carbonyl (C=O) groups is 3. The second-order valence-corrected chi connectivity index (χ2v) is 4.89. The van der Waals surface area contributed by atoms with Gasteiger partial charge in [-0.3, -0.25) is 9.59 Å². The minimum absolute atomic E-state index is 0.0905. The van der Waals surface area contributed by atoms with Gasteiger partial charge in [-0.2, -0.15) is 0 Å². The summed E-state index contributed by atoms with van der Waals surface area (Å²) in [6, 6.07) is -0.850. The summed E-state index contributed by atoms with van der Waals surface area (Å²) in [4.78, 5) is 33.7. The second kappa shape index (κ2) is 9.35. The zero-order valence-corrected chi connectivity index (χ0v) is 11.9. The monoisotopic (exact) mass is 272 g/mol. The molecular formula is C13H24N2O4. The van der Waals surface area contributed by atoms with Crippen LogP contribution in [0.4, 0.5) is 0 Å². The third kappa shape index (κ3) is 9.04. The van der Waals surface area contributed by atoms with Gasteiger partial charge in [0.05, 0.1) is 0 Å². The molecule has 0 radical (unpaired) electrons. The Bertz CT molecular complexity index is 316. The number of amides is 2. The van der Waals surface area contributed by atoms with Crippen LogP contribution in [0.5, 0.6) is 0 Å². The van der Waals surface area contributed by atoms with Crippen molar-refractivity contribution < 1.29 is 19.5 Å². The van der Waals surface area contributed by atoms with E-state index in [0.717, 1.165) is 0 Å². The van der Waals surface area contributed by atoms with Crippen LogP contribution in [-0.2, 0) is 14.4 Å². The number of carboxylic acids is 1. The third-order valence-corrected chi connectivity index (χ3v) is 2.52. The van der Waals surface area contributed by atoms with Gasteiger partial charge in [0.1, 0.15) is 6.04 Å². The largest absolute Gasteiger partial charge is 0.480 e. The molecule has 6 heteroatoms. The maximum absolute atomic E-state index is 11.6. The van der Waals surface area contributed by atoms with Crippen LogP contribution >= 0.6 is 0 Å². The highest BCUT2D eigenvalue weighted by Gasteiger charge is 2.20. The molecule has 0 aromatic rings. The van der Waals surface area contributed by atoms with E-state index in [4.69, 9.17) is 5.11 Å². The normalized spacial score (nSPS) is 12.0. The Hall–Kier alpha value is -1.59. The van der Waals surface area contributed by atoms with Crippen molar-refractivity contribution in [1.29, 1.82) is 0 Å². The number of carbonyl (C=O) groups excluding carboxylic acids is 2. The quantitative estimate of drug-likeness (QED) is 0.581. The minimum Gasteiger partial charge on any atom is -0.480 e. The number of rotatable bonds is 9. The summed E-state index contributed by atoms with van der Waals surface area (Å²) in [5, 5.41) is 14.1. The smallest absolute Gasteiger partial charge is 0.326 e. The van der Waals surface area contributed by atoms with Crippen molar-refractivity contribution >= 4 is 17.8 Å². The number of aliphatic carboxylic acids is 1. The van der Waals surface area contributed by atoms with E-state index in [1.165, 1.54) is 0 Å². The molecular weight excluding hydrogens is 248 g/mol. The second-order valence-electron chi connectivity index (χ2n) is 4.89. The zero-order valence-electron chi connectivity index (χ0n) is 11.9. The number of hydrogen-bond acceptors (Lipinski definition) is 3. The molecule has 3 N–H and O–H groups in total. The van der Waals surface area contributed by atoms with Gasteiger partial charge < -0.3 is 15.7 Å². The molecule has 0 aromatic heterocycles. The summed E-state index contributed by atoms with van der Waals surface area (Å²) in [7, 11) is 0. The van der Waals surface area contributed by atoms with Crippen LogP contribution in [0, 0.1) is 5.92 Å². The molecule has 0 aliphatic rings. The summed E-state index contributed by atoms with van der Waals surface area (Å²) >= 11 is 0. The molecule has 0 saturated heterocycles. The molecule has 1 atom stereocenters. The fraction of sp³-hybridized carbons (Fsp3) is 0.769. The lowest BCUT2D eigenvalue weighted by Gasteiger charge is -2.16. The van der Waals surface area contributed by atoms with E-state index in [9.17, 15) is 14.4 Å². The molecule has 0 unspecified atom stereocenters. The first-order valence-corrected chi connectivity index (χ1v) is 6.65. The van der Waals surface area contributed by atoms with Crippen molar-refractivity contribution in [2.45, 2.75) is 52.5 Å². The van der Waals surface area contributed by atoms with Crippen LogP contribution in [0.3, 0.4) is 0 Å². The van der Waals surface area contributed by atoms with E-state index in [0.29, 0.717) is 19.4 Å². The number of hydrogen-bond donors (Lipinski definition) is 3. The lowest BCUT2D eigenvalue weighted by molar-refractivity contribution is -0.142. The van der Waals surface area contributed by atoms with E-state index in [-0.39, 0.29) is 30.6 Å². The standard InChI is InChI=1S/C13H24N2O4/c1-4-14-11(16)6-5-7-12(17)15-10(13(18)19)8-9(2)3/h9-10H,4-8H2,1-3H3,(H,14,16)(H,15,17)(H,18,19)/t10-/m1/s1. The van der Waals surface area contributed by atoms with Gasteiger partial charge in [-0.25, -0.2) is 4.79 Å². The molecule has 0 aliphatic carbocycles. The van der Waals surface area contributed by atoms with Gasteiger partial charge in [0.2, 0.25) is 11.8 Å². The SMILES string of the molecule is CCNC(=O)CCCC(=O)N[C@H](CC(C)C)C(=O)O. The summed E-state index contributed by atoms with van der Waals surface area (Å²) < 4.78 is 0. The summed E-state index contributed by atoms with van der Waals surface area (Å²) in [5.41, 5.74) is 0. The maximum atomic E-state index is 11.6. The molecule has 0 aromatic carbocycles. The van der Waals surface area contributed by atoms with Gasteiger partial charge in [-0.15, -0.1) is 0 Å². The maximum Gasteiger partial charge on any atom is 0.326 e. The van der Waals surface area contributed by atoms with Crippen molar-refractivity contribution in [3.63, 3.8) is 0 Å². The van der Waals surface area contributed by atoms with Crippen molar-refractivity contribution in [3.05, 3.63) is 0 Å². The highest BCUT2D eigenvalue weighted by atomic mass is 16.4. The van der Waals surface area contributed by atoms with Crippen LogP contribution in [0.1, 0.15) is 46.5 Å². The first-order valence-electron chi connectivity index (χ1n) is 6.65. The Morgan fingerprint density at radius 1 is 1.11 bits per heavy atom. The molecule has 0 aliphatic heterocycles. The molecule has 0 saturated carbocycles. The van der Waals surface area contributed by atoms with Crippen LogP contribution in [-0.4, -0.2) is 35.5 Å². The average Bonchev–Trinajstić information content (AvgIpc) is 2.27. The summed E-state index contributed by atoms with van der Waals surface area (Å²) in [6.07, 6.45) is 1.27. The predicted molar refractivity (Wildman–Crippen MR) is 71.6 cm³/mol. The minimum atomic E-state index is -1.02. The lowest BCUT2D eigenvalue weighted by atomic mass is 10.0. The van der Waals surface area contributed by atoms with Gasteiger partial charge >= 0.3 is 5.97 Å². The molecule has 0 spiro atoms. The van der Waals surface area contributed by atoms with Gasteiger partial charge in [0.25, 0.3) is 0 Å². The highest BCUT2D eigenvalue weighted by Crippen LogP contribution is 2.06. The van der Waals surface area contributed by atoms with Gasteiger partial charge in [0, 0.05) is 19.4 Å². The van der Waals surface area contributed by atoms with Crippen LogP contribution in [0.2, 0.25) is 0 Å². The first kappa shape index (κ1) is 17.4. The number of carboxylic acid groups (broad SMARTS) is 1. The number of nitrogens with one attached hydrogen (secondary N) is 2. The van der Waals surface area contributed by atoms with Gasteiger partial charge in [0.15, 0.2) is 0 Å². The van der Waals surface area contributed by atoms with Crippen LogP contribution in [0.25, 0.3) is 0 Å². The first-order chi connectivity index (χ1) is 8.86. The van der Waals surface area contributed by atoms with Crippen LogP contribution < -0.4 is 10.6 Å². The molecule has 110 valence electrons. The Kier molecular flexibility index (Phi) is 8.57. The molecule has 19 heavy (non-hydrogen) atoms. The fourth-order valence-corrected chi connectivity index (χ4v) is 1.65. The molecule has 0 fully saturated rings. The Morgan fingerprint density at radius 3 is 2.16 bits per heavy atom. The highest BCUT2D eigenvalue weighted by molar-refractivity contribution is 5.84. The topological polar surface area (TPSA) is 95.5 Å². The summed E-state index contributed by atoms with van der Waals surface area (Å²) in [5.74, 6) is -1.24. The van der Waals surface area contributed by atoms with Crippen molar-refractivity contribution in [2.24, 2.45) is 5.92 Å². The van der Waals surface area contributed by atoms with Crippen molar-refractivity contribution in [3.8, 4) is 0 Å². The molecule has 2 amide bonds. The van der Waals surface area contributed by atoms with Crippen LogP contribution in [0.15, 0.2) is 0 Å². The molecule has 6 nitrogen and oxygen atoms in total. The van der Waals surface area contributed by atoms with E-state index >= 15 is 0 Å². The Labute approximate surface area is 113 Å². The molecule has 0 rings (SSSR count). The molecule has 0 bridgehead atoms. The lowest BCUT2D eigenvalue weighted by Crippen LogP contribution is -2.41. The van der Waals surface area contributed by atoms with E-state index < -0.39 is 12.0 Å². The van der Waals surface area contributed by atoms with E-state index in [1.807, 2.05) is 20.8 Å². The van der Waals surface area contributed by atoms with Crippen molar-refractivity contribution in [2.75, 3.05) is 6.54 Å². The van der Waals surface area contributed by atoms with Gasteiger partial charge in [-0.05, 0) is 25.7 Å². The summed E-state index contributed by atoms with van der Waals surface area (Å²) in [6.45, 7) is 6.20. The van der Waals surface area contributed by atoms with Crippen molar-refractivity contribution in [1.82, 2.24) is 10.6 Å². The Morgan fingerprint density at radius 2 is 1.68 bits per heavy atom. The van der Waals surface area contributed by atoms with Gasteiger partial charge in [-0.1, -0.05) is 13.8 Å². The van der Waals surface area contributed by atoms with E-state index in [1.54, 1.807) is 0 Å².